The highest BCUT2D eigenvalue weighted by molar-refractivity contribution is 6.63. The molecule has 3 aliphatic rings. The summed E-state index contributed by atoms with van der Waals surface area (Å²) in [6, 6.07) is 0. The van der Waals surface area contributed by atoms with Crippen molar-refractivity contribution in [3.8, 4) is 0 Å². The largest absolute Gasteiger partial charge is 0.0578 e. The molecule has 3 aliphatic carbocycles. The van der Waals surface area contributed by atoms with Crippen LogP contribution in [0.4, 0.5) is 0 Å². The quantitative estimate of drug-likeness (QED) is 0.253. The molecule has 0 aromatic heterocycles. The second-order valence-corrected chi connectivity index (χ2v) is 22.6. The van der Waals surface area contributed by atoms with Crippen LogP contribution in [0.1, 0.15) is 308 Å². The van der Waals surface area contributed by atoms with Crippen LogP contribution in [0.25, 0.3) is 0 Å². The van der Waals surface area contributed by atoms with Crippen LogP contribution in [0.3, 0.4) is 0 Å². The zero-order chi connectivity index (χ0) is 36.3. The number of hydrogen-bond acceptors (Lipinski definition) is 0. The standard InChI is InChI=1S/C51H99Si/c1-2-8-14-20-26-32-38-44-49(43-37-31-25-19-13-7-1)52(50-45-39-33-27-21-15-9-3-4-10-16-22-28-34-40-46-50)51-47-41-35-29-23-17-11-5-6-12-18-24-30-36-42-48-51/h49-51H,1-48H2. The Bertz CT molecular complexity index is 567. The zero-order valence-corrected chi connectivity index (χ0v) is 37.2. The number of hydrogen-bond donors (Lipinski definition) is 0. The van der Waals surface area contributed by atoms with Gasteiger partial charge in [0.2, 0.25) is 0 Å². The molecular weight excluding hydrogens is 641 g/mol. The molecule has 1 radical (unpaired) electrons. The van der Waals surface area contributed by atoms with Crippen molar-refractivity contribution in [2.24, 2.45) is 0 Å². The molecule has 0 aromatic rings. The smallest absolute Gasteiger partial charge is 0.0533 e. The van der Waals surface area contributed by atoms with E-state index in [1.807, 2.05) is 0 Å². The Morgan fingerprint density at radius 3 is 0.346 bits per heavy atom. The van der Waals surface area contributed by atoms with E-state index in [0.29, 0.717) is 0 Å². The van der Waals surface area contributed by atoms with Gasteiger partial charge in [-0.2, -0.15) is 0 Å². The van der Waals surface area contributed by atoms with E-state index in [1.54, 1.807) is 116 Å². The summed E-state index contributed by atoms with van der Waals surface area (Å²) in [6.07, 6.45) is 74.0. The normalized spacial score (nSPS) is 25.8. The summed E-state index contributed by atoms with van der Waals surface area (Å²) in [4.78, 5) is 0. The first kappa shape index (κ1) is 46.6. The van der Waals surface area contributed by atoms with Gasteiger partial charge in [-0.05, 0) is 16.6 Å². The first-order chi connectivity index (χ1) is 25.9. The van der Waals surface area contributed by atoms with E-state index in [0.717, 1.165) is 16.6 Å². The molecular formula is C51H99Si. The summed E-state index contributed by atoms with van der Waals surface area (Å²) in [5.74, 6) is 0. The molecule has 52 heavy (non-hydrogen) atoms. The predicted octanol–water partition coefficient (Wildman–Crippen LogP) is 19.4. The van der Waals surface area contributed by atoms with Gasteiger partial charge in [0, 0.05) is 0 Å². The van der Waals surface area contributed by atoms with E-state index < -0.39 is 8.80 Å². The Kier molecular flexibility index (Phi) is 31.9. The van der Waals surface area contributed by atoms with E-state index in [-0.39, 0.29) is 0 Å². The molecule has 0 nitrogen and oxygen atoms in total. The molecule has 0 N–H and O–H groups in total. The number of rotatable bonds is 3. The first-order valence-electron chi connectivity index (χ1n) is 25.8. The van der Waals surface area contributed by atoms with Crippen molar-refractivity contribution in [3.05, 3.63) is 0 Å². The van der Waals surface area contributed by atoms with Crippen LogP contribution in [0.15, 0.2) is 0 Å². The average Bonchev–Trinajstić information content (AvgIpc) is 3.16. The van der Waals surface area contributed by atoms with Crippen molar-refractivity contribution in [3.63, 3.8) is 0 Å². The molecule has 0 aliphatic heterocycles. The van der Waals surface area contributed by atoms with Crippen LogP contribution in [0.5, 0.6) is 0 Å². The molecule has 3 fully saturated rings. The van der Waals surface area contributed by atoms with Gasteiger partial charge in [0.25, 0.3) is 0 Å². The molecule has 0 bridgehead atoms. The van der Waals surface area contributed by atoms with E-state index >= 15 is 0 Å². The van der Waals surface area contributed by atoms with Gasteiger partial charge in [-0.25, -0.2) is 0 Å². The van der Waals surface area contributed by atoms with Crippen molar-refractivity contribution in [2.75, 3.05) is 0 Å². The topological polar surface area (TPSA) is 0 Å². The lowest BCUT2D eigenvalue weighted by Gasteiger charge is -2.39. The van der Waals surface area contributed by atoms with Gasteiger partial charge in [0.1, 0.15) is 0 Å². The van der Waals surface area contributed by atoms with Crippen molar-refractivity contribution in [2.45, 2.75) is 325 Å². The van der Waals surface area contributed by atoms with Crippen molar-refractivity contribution in [1.82, 2.24) is 0 Å². The fourth-order valence-electron chi connectivity index (χ4n) is 11.1. The van der Waals surface area contributed by atoms with Gasteiger partial charge in [-0.3, -0.25) is 0 Å². The molecule has 307 valence electrons. The third kappa shape index (κ3) is 25.4. The van der Waals surface area contributed by atoms with Crippen LogP contribution in [0, 0.1) is 0 Å². The molecule has 1 heteroatoms. The van der Waals surface area contributed by atoms with Gasteiger partial charge in [0.05, 0.1) is 8.80 Å². The Morgan fingerprint density at radius 2 is 0.231 bits per heavy atom. The Balaban J connectivity index is 1.80. The second kappa shape index (κ2) is 35.6. The SMILES string of the molecule is C1CCCCCCCCC([Si](C2CCCCCCCCCCCCCCCC2)C2CCCCCCCCCCCCCCCC2)CCCCCCC1. The lowest BCUT2D eigenvalue weighted by Crippen LogP contribution is -2.33. The Morgan fingerprint density at radius 1 is 0.135 bits per heavy atom. The minimum absolute atomic E-state index is 0.412. The molecule has 0 heterocycles. The highest BCUT2D eigenvalue weighted by atomic mass is 28.3. The van der Waals surface area contributed by atoms with Crippen LogP contribution < -0.4 is 0 Å². The maximum Gasteiger partial charge on any atom is 0.0578 e. The average molecular weight is 740 g/mol. The van der Waals surface area contributed by atoms with Gasteiger partial charge in [-0.1, -0.05) is 308 Å². The van der Waals surface area contributed by atoms with Crippen LogP contribution in [-0.4, -0.2) is 8.80 Å². The van der Waals surface area contributed by atoms with E-state index in [4.69, 9.17) is 0 Å². The van der Waals surface area contributed by atoms with Gasteiger partial charge >= 0.3 is 0 Å². The summed E-state index contributed by atoms with van der Waals surface area (Å²) in [7, 11) is -0.412. The second-order valence-electron chi connectivity index (χ2n) is 19.2. The Labute approximate surface area is 332 Å². The molecule has 0 saturated heterocycles. The molecule has 0 atom stereocenters. The molecule has 0 amide bonds. The van der Waals surface area contributed by atoms with Crippen LogP contribution in [0.2, 0.25) is 16.6 Å². The summed E-state index contributed by atoms with van der Waals surface area (Å²) < 4.78 is 0. The molecule has 0 spiro atoms. The summed E-state index contributed by atoms with van der Waals surface area (Å²) in [5.41, 5.74) is 3.37. The van der Waals surface area contributed by atoms with Gasteiger partial charge in [-0.15, -0.1) is 0 Å². The third-order valence-electron chi connectivity index (χ3n) is 14.5. The molecule has 0 aromatic carbocycles. The Hall–Kier alpha value is 0.217. The van der Waals surface area contributed by atoms with E-state index in [2.05, 4.69) is 0 Å². The fraction of sp³-hybridized carbons (Fsp3) is 1.00. The van der Waals surface area contributed by atoms with E-state index in [9.17, 15) is 0 Å². The minimum atomic E-state index is -0.412. The lowest BCUT2D eigenvalue weighted by atomic mass is 10.0. The van der Waals surface area contributed by atoms with Crippen LogP contribution in [-0.2, 0) is 0 Å². The highest BCUT2D eigenvalue weighted by Gasteiger charge is 2.36. The van der Waals surface area contributed by atoms with E-state index in [1.165, 1.54) is 193 Å². The molecule has 3 rings (SSSR count). The maximum absolute atomic E-state index is 1.63. The van der Waals surface area contributed by atoms with Crippen molar-refractivity contribution in [1.29, 1.82) is 0 Å². The lowest BCUT2D eigenvalue weighted by molar-refractivity contribution is 0.476. The first-order valence-corrected chi connectivity index (χ1v) is 27.5. The van der Waals surface area contributed by atoms with Gasteiger partial charge < -0.3 is 0 Å². The monoisotopic (exact) mass is 740 g/mol. The summed E-state index contributed by atoms with van der Waals surface area (Å²) in [6.45, 7) is 0. The molecule has 0 unspecified atom stereocenters. The summed E-state index contributed by atoms with van der Waals surface area (Å²) in [5, 5.41) is 0. The summed E-state index contributed by atoms with van der Waals surface area (Å²) >= 11 is 0. The third-order valence-corrected chi connectivity index (χ3v) is 19.0. The highest BCUT2D eigenvalue weighted by Crippen LogP contribution is 2.46. The zero-order valence-electron chi connectivity index (χ0n) is 36.2. The fourth-order valence-corrected chi connectivity index (χ4v) is 16.4. The minimum Gasteiger partial charge on any atom is -0.0533 e. The predicted molar refractivity (Wildman–Crippen MR) is 239 cm³/mol. The maximum atomic E-state index is 1.63. The van der Waals surface area contributed by atoms with Gasteiger partial charge in [0.15, 0.2) is 0 Å². The van der Waals surface area contributed by atoms with Crippen LogP contribution >= 0.6 is 0 Å². The van der Waals surface area contributed by atoms with Crippen molar-refractivity contribution >= 4 is 8.80 Å². The molecule has 3 saturated carbocycles. The van der Waals surface area contributed by atoms with Crippen molar-refractivity contribution < 1.29 is 0 Å².